The van der Waals surface area contributed by atoms with Crippen molar-refractivity contribution in [2.24, 2.45) is 29.0 Å². The Kier molecular flexibility index (Phi) is 41.7. The van der Waals surface area contributed by atoms with Crippen LogP contribution in [0.5, 0.6) is 0 Å². The summed E-state index contributed by atoms with van der Waals surface area (Å²) in [5.41, 5.74) is 17.8. The molecule has 0 radical (unpaired) electrons. The number of aliphatic carboxylic acids is 4. The van der Waals surface area contributed by atoms with Crippen LogP contribution in [0, 0.1) is 11.8 Å². The number of aliphatic hydroxyl groups is 1. The van der Waals surface area contributed by atoms with E-state index < -0.39 is 261 Å². The van der Waals surface area contributed by atoms with E-state index in [0.717, 1.165) is 47.3 Å². The number of rotatable bonds is 37. The first-order valence-electron chi connectivity index (χ1n) is 39.2. The number of nitrogens with two attached hydrogens (primary N) is 3. The number of nitrogens with zero attached hydrogens (tertiary/aromatic N) is 1. The van der Waals surface area contributed by atoms with Crippen molar-refractivity contribution < 1.29 is 131 Å². The van der Waals surface area contributed by atoms with Gasteiger partial charge in [0.2, 0.25) is 88.6 Å². The van der Waals surface area contributed by atoms with E-state index in [1.165, 1.54) is 46.0 Å². The molecule has 2 aliphatic rings. The Morgan fingerprint density at radius 1 is 0.622 bits per heavy atom. The van der Waals surface area contributed by atoms with Crippen LogP contribution in [0.3, 0.4) is 0 Å². The Balaban J connectivity index is 1.84. The van der Waals surface area contributed by atoms with Gasteiger partial charge >= 0.3 is 29.8 Å². The summed E-state index contributed by atoms with van der Waals surface area (Å²) in [5.74, 6) is -28.8. The summed E-state index contributed by atoms with van der Waals surface area (Å²) < 4.78 is 10.7. The minimum Gasteiger partial charge on any atom is -0.481 e. The highest BCUT2D eigenvalue weighted by Gasteiger charge is 2.44. The molecule has 1 saturated carbocycles. The molecule has 660 valence electrons. The fraction of sp³-hybridized carbons (Fsp3) is 0.627. The second kappa shape index (κ2) is 50.0. The number of benzene rings is 1. The highest BCUT2D eigenvalue weighted by molar-refractivity contribution is 6.02. The summed E-state index contributed by atoms with van der Waals surface area (Å²) in [6.45, 7) is 2.47. The number of cyclic esters (lactones) is 1. The molecule has 2 heterocycles. The Labute approximate surface area is 684 Å². The molecule has 1 saturated heterocycles. The number of esters is 1. The lowest BCUT2D eigenvalue weighted by atomic mass is 9.85. The predicted molar refractivity (Wildman–Crippen MR) is 415 cm³/mol. The Morgan fingerprint density at radius 2 is 1.21 bits per heavy atom. The number of unbranched alkanes of at least 4 members (excludes halogenated alkanes) is 4. The molecule has 1 aliphatic heterocycles. The van der Waals surface area contributed by atoms with E-state index >= 15 is 4.79 Å². The molecule has 1 aromatic heterocycles. The van der Waals surface area contributed by atoms with E-state index in [9.17, 15) is 117 Å². The number of hydrogen-bond donors (Lipinski definition) is 21. The van der Waals surface area contributed by atoms with Gasteiger partial charge in [0.25, 0.3) is 0 Å². The van der Waals surface area contributed by atoms with Gasteiger partial charge in [-0.25, -0.2) is 9.59 Å². The van der Waals surface area contributed by atoms with E-state index in [4.69, 9.17) is 26.7 Å². The smallest absolute Gasteiger partial charge is 0.335 e. The van der Waals surface area contributed by atoms with Crippen molar-refractivity contribution >= 4 is 129 Å². The number of aromatic amines is 1. The van der Waals surface area contributed by atoms with Gasteiger partial charge in [-0.2, -0.15) is 0 Å². The third-order valence-corrected chi connectivity index (χ3v) is 20.1. The summed E-state index contributed by atoms with van der Waals surface area (Å²) in [7, 11) is 1.70. The lowest BCUT2D eigenvalue weighted by molar-refractivity contribution is -0.159. The lowest BCUT2D eigenvalue weighted by Gasteiger charge is -2.32. The van der Waals surface area contributed by atoms with E-state index in [1.807, 2.05) is 5.32 Å². The zero-order valence-electron chi connectivity index (χ0n) is 67.2. The number of primary amides is 2. The van der Waals surface area contributed by atoms with Gasteiger partial charge in [-0.3, -0.25) is 86.3 Å². The van der Waals surface area contributed by atoms with Gasteiger partial charge < -0.3 is 126 Å². The molecule has 44 heteroatoms. The Bertz CT molecular complexity index is 3950. The van der Waals surface area contributed by atoms with Crippen molar-refractivity contribution in [1.29, 1.82) is 0 Å². The van der Waals surface area contributed by atoms with Gasteiger partial charge in [0.05, 0.1) is 25.9 Å². The van der Waals surface area contributed by atoms with Crippen molar-refractivity contribution in [3.63, 3.8) is 0 Å². The molecule has 2 unspecified atom stereocenters. The third kappa shape index (κ3) is 33.5. The predicted octanol–water partition coefficient (Wildman–Crippen LogP) is -5.30. The van der Waals surface area contributed by atoms with Crippen LogP contribution in [-0.2, 0) is 112 Å². The topological polar surface area (TPSA) is 702 Å². The van der Waals surface area contributed by atoms with Gasteiger partial charge in [-0.1, -0.05) is 96.3 Å². The first-order chi connectivity index (χ1) is 56.2. The zero-order valence-corrected chi connectivity index (χ0v) is 67.2. The molecule has 15 amide bonds. The maximum Gasteiger partial charge on any atom is 0.335 e. The second-order valence-corrected chi connectivity index (χ2v) is 29.4. The van der Waals surface area contributed by atoms with Gasteiger partial charge in [0.15, 0.2) is 12.2 Å². The van der Waals surface area contributed by atoms with Crippen molar-refractivity contribution in [3.8, 4) is 0 Å². The van der Waals surface area contributed by atoms with Crippen molar-refractivity contribution in [2.75, 3.05) is 33.8 Å². The van der Waals surface area contributed by atoms with E-state index in [-0.39, 0.29) is 45.1 Å². The van der Waals surface area contributed by atoms with Crippen LogP contribution in [0.4, 0.5) is 0 Å². The standard InChI is InChI=1S/C75H113N17O27/c1-7-37(2)57-75(117)119-39(4)58(89-72(113)59(61(103)63(78)104)90-67(108)46(27-29-55(99)100)85-68(109)47(31-41-34-79-43-23-16-15-22-42(41)43)82-51(94)25-14-9-8-11-19-40-20-12-10-13-21-40)73(114)92(5)36-53(96)81-38(3)64(105)87-49(33-56(101)102)70(111)84-44(24-17-18-30-76)65(106)91-60(62(118-6)74(115)116)71(112)80-35-52(95)83-48(32-50(77)93)69(110)86-45(66(107)88-57)26-28-54(97)98/h15-16,22-23,34,37-40,44-49,57-62,79,103H,7-14,17-21,24-33,35-36,76H2,1-6H3,(H2,77,93)(H2,78,104)(H,80,112)(H,81,96)(H,82,94)(H,83,95)(H,84,111)(H,85,109)(H,86,110)(H,87,105)(H,88,107)(H,89,113)(H,90,108)(H,91,106)(H,97,98)(H,99,100)(H,101,102)(H,115,116)/t37-,38-,39+,44+,45-,46-,47-,48+,49-,57-,58-,59-,60-,61?,62?/m0/s1. The fourth-order valence-electron chi connectivity index (χ4n) is 13.2. The van der Waals surface area contributed by atoms with Gasteiger partial charge in [0, 0.05) is 56.9 Å². The number of aromatic nitrogens is 1. The second-order valence-electron chi connectivity index (χ2n) is 29.4. The molecule has 1 aliphatic carbocycles. The van der Waals surface area contributed by atoms with E-state index in [2.05, 4.69) is 63.5 Å². The highest BCUT2D eigenvalue weighted by Crippen LogP contribution is 2.28. The quantitative estimate of drug-likeness (QED) is 0.0222. The number of amides is 15. The molecule has 0 spiro atoms. The molecule has 24 N–H and O–H groups in total. The maximum atomic E-state index is 15.0. The largest absolute Gasteiger partial charge is 0.481 e. The molecule has 1 aromatic carbocycles. The average Bonchev–Trinajstić information content (AvgIpc) is 1.80. The number of carbonyl (C=O) groups excluding carboxylic acids is 16. The number of likely N-dealkylation sites (N-methyl/N-ethyl adjacent to an activating group) is 1. The highest BCUT2D eigenvalue weighted by atomic mass is 16.5. The minimum absolute atomic E-state index is 0.00624. The molecule has 4 rings (SSSR count). The van der Waals surface area contributed by atoms with Crippen molar-refractivity contribution in [3.05, 3.63) is 36.0 Å². The number of para-hydroxylation sites is 1. The van der Waals surface area contributed by atoms with Gasteiger partial charge in [-0.15, -0.1) is 0 Å². The molecular weight excluding hydrogens is 1570 g/mol. The van der Waals surface area contributed by atoms with Crippen molar-refractivity contribution in [2.45, 2.75) is 254 Å². The number of carboxylic acid groups (broad SMARTS) is 4. The molecular formula is C75H113N17O27. The van der Waals surface area contributed by atoms with Crippen LogP contribution in [0.25, 0.3) is 10.9 Å². The first-order valence-corrected chi connectivity index (χ1v) is 39.2. The summed E-state index contributed by atoms with van der Waals surface area (Å²) in [5, 5.41) is 78.3. The van der Waals surface area contributed by atoms with Crippen LogP contribution in [0.1, 0.15) is 168 Å². The van der Waals surface area contributed by atoms with Crippen LogP contribution >= 0.6 is 0 Å². The number of fused-ring (bicyclic) bond motifs is 1. The molecule has 0 bridgehead atoms. The number of ether oxygens (including phenoxy) is 2. The van der Waals surface area contributed by atoms with Gasteiger partial charge in [0.1, 0.15) is 72.6 Å². The van der Waals surface area contributed by atoms with Crippen LogP contribution in [0.15, 0.2) is 30.5 Å². The molecule has 44 nitrogen and oxygen atoms in total. The number of methoxy groups -OCH3 is 1. The lowest BCUT2D eigenvalue weighted by Crippen LogP contribution is -2.64. The van der Waals surface area contributed by atoms with Gasteiger partial charge in [-0.05, 0) is 82.4 Å². The maximum absolute atomic E-state index is 15.0. The Hall–Kier alpha value is -12.0. The summed E-state index contributed by atoms with van der Waals surface area (Å²) in [4.78, 5) is 278. The van der Waals surface area contributed by atoms with Crippen molar-refractivity contribution in [1.82, 2.24) is 73.7 Å². The number of hydrogen-bond acceptors (Lipinski definition) is 24. The summed E-state index contributed by atoms with van der Waals surface area (Å²) in [6, 6.07) is -15.6. The molecule has 2 fully saturated rings. The zero-order chi connectivity index (χ0) is 88.9. The third-order valence-electron chi connectivity index (χ3n) is 20.1. The fourth-order valence-corrected chi connectivity index (χ4v) is 13.2. The molecule has 15 atom stereocenters. The summed E-state index contributed by atoms with van der Waals surface area (Å²) in [6.07, 6.45) is -1.66. The van der Waals surface area contributed by atoms with E-state index in [0.29, 0.717) is 40.1 Å². The number of nitrogens with one attached hydrogen (secondary N) is 13. The SMILES string of the molecule is CC[C@H](C)[C@@H]1NC(=O)[C@H](CCC(=O)O)NC(=O)[C@@H](CC(N)=O)NC(=O)CNC(=O)[C@H](C(OC)C(=O)O)NC(=O)[C@@H](CCCCN)NC(=O)[C@H](CC(=O)O)NC(=O)[C@H](C)NC(=O)CN(C)C(=O)[C@@H](NC(=O)[C@@H](NC(=O)[C@H](CCC(=O)O)NC(=O)[C@H](Cc2c[nH]c3ccccc23)NC(=O)CCCCCCC2CCCCC2)C(O)C(N)=O)[C@@H](C)OC1=O. The monoisotopic (exact) mass is 1680 g/mol. The number of H-pyrrole nitrogens is 1. The normalized spacial score (nSPS) is 22.5. The first kappa shape index (κ1) is 99.4. The van der Waals surface area contributed by atoms with Crippen LogP contribution in [-0.4, -0.2) is 272 Å². The number of carbonyl (C=O) groups is 20. The minimum atomic E-state index is -2.80. The number of aliphatic hydroxyl groups excluding tert-OH is 1. The number of carboxylic acids is 4. The van der Waals surface area contributed by atoms with Crippen LogP contribution < -0.4 is 81.0 Å². The Morgan fingerprint density at radius 3 is 1.81 bits per heavy atom. The van der Waals surface area contributed by atoms with Crippen LogP contribution in [0.2, 0.25) is 0 Å². The molecule has 2 aromatic rings. The van der Waals surface area contributed by atoms with E-state index in [1.54, 1.807) is 30.5 Å². The average molecular weight is 1680 g/mol. The summed E-state index contributed by atoms with van der Waals surface area (Å²) >= 11 is 0. The molecule has 119 heavy (non-hydrogen) atoms.